The SMILES string of the molecule is CCOc1ccc(/C=C/C(=O)NCC2CCCO2)cc1OC. The Labute approximate surface area is 131 Å². The summed E-state index contributed by atoms with van der Waals surface area (Å²) >= 11 is 0. The van der Waals surface area contributed by atoms with Gasteiger partial charge in [-0.15, -0.1) is 0 Å². The fraction of sp³-hybridized carbons (Fsp3) is 0.471. The van der Waals surface area contributed by atoms with Crippen molar-refractivity contribution in [3.8, 4) is 11.5 Å². The first-order valence-electron chi connectivity index (χ1n) is 7.61. The van der Waals surface area contributed by atoms with Crippen molar-refractivity contribution in [2.75, 3.05) is 26.9 Å². The van der Waals surface area contributed by atoms with Gasteiger partial charge < -0.3 is 19.5 Å². The Morgan fingerprint density at radius 2 is 2.32 bits per heavy atom. The largest absolute Gasteiger partial charge is 0.493 e. The first kappa shape index (κ1) is 16.4. The van der Waals surface area contributed by atoms with Gasteiger partial charge in [0, 0.05) is 19.2 Å². The molecule has 5 heteroatoms. The lowest BCUT2D eigenvalue weighted by molar-refractivity contribution is -0.116. The van der Waals surface area contributed by atoms with Crippen LogP contribution in [0.4, 0.5) is 0 Å². The van der Waals surface area contributed by atoms with E-state index in [2.05, 4.69) is 5.32 Å². The van der Waals surface area contributed by atoms with Crippen LogP contribution in [0.25, 0.3) is 6.08 Å². The third kappa shape index (κ3) is 4.77. The highest BCUT2D eigenvalue weighted by Gasteiger charge is 2.15. The number of nitrogens with one attached hydrogen (secondary N) is 1. The molecule has 22 heavy (non-hydrogen) atoms. The van der Waals surface area contributed by atoms with Crippen LogP contribution in [0.5, 0.6) is 11.5 Å². The van der Waals surface area contributed by atoms with Crippen LogP contribution in [-0.4, -0.2) is 38.9 Å². The monoisotopic (exact) mass is 305 g/mol. The lowest BCUT2D eigenvalue weighted by Crippen LogP contribution is -2.30. The number of ether oxygens (including phenoxy) is 3. The Morgan fingerprint density at radius 1 is 1.45 bits per heavy atom. The molecule has 1 N–H and O–H groups in total. The van der Waals surface area contributed by atoms with Crippen molar-refractivity contribution in [1.29, 1.82) is 0 Å². The van der Waals surface area contributed by atoms with Gasteiger partial charge in [-0.3, -0.25) is 4.79 Å². The van der Waals surface area contributed by atoms with E-state index in [1.807, 2.05) is 25.1 Å². The molecular weight excluding hydrogens is 282 g/mol. The zero-order chi connectivity index (χ0) is 15.8. The Hall–Kier alpha value is -2.01. The molecule has 0 saturated carbocycles. The number of rotatable bonds is 7. The fourth-order valence-electron chi connectivity index (χ4n) is 2.31. The number of benzene rings is 1. The van der Waals surface area contributed by atoms with Gasteiger partial charge in [0.15, 0.2) is 11.5 Å². The molecule has 0 bridgehead atoms. The second kappa shape index (κ2) is 8.44. The second-order valence-electron chi connectivity index (χ2n) is 5.06. The average Bonchev–Trinajstić information content (AvgIpc) is 3.05. The van der Waals surface area contributed by atoms with Crippen LogP contribution in [0.3, 0.4) is 0 Å². The summed E-state index contributed by atoms with van der Waals surface area (Å²) in [5.74, 6) is 1.23. The highest BCUT2D eigenvalue weighted by atomic mass is 16.5. The molecule has 1 heterocycles. The van der Waals surface area contributed by atoms with E-state index in [1.54, 1.807) is 13.2 Å². The first-order chi connectivity index (χ1) is 10.7. The topological polar surface area (TPSA) is 56.8 Å². The molecule has 5 nitrogen and oxygen atoms in total. The molecule has 1 unspecified atom stereocenters. The van der Waals surface area contributed by atoms with Gasteiger partial charge >= 0.3 is 0 Å². The number of methoxy groups -OCH3 is 1. The lowest BCUT2D eigenvalue weighted by Gasteiger charge is -2.10. The molecule has 1 aliphatic heterocycles. The predicted molar refractivity (Wildman–Crippen MR) is 85.2 cm³/mol. The maximum absolute atomic E-state index is 11.8. The van der Waals surface area contributed by atoms with Gasteiger partial charge in [-0.2, -0.15) is 0 Å². The minimum Gasteiger partial charge on any atom is -0.493 e. The van der Waals surface area contributed by atoms with Gasteiger partial charge in [-0.05, 0) is 43.5 Å². The van der Waals surface area contributed by atoms with Crippen LogP contribution in [0.1, 0.15) is 25.3 Å². The van der Waals surface area contributed by atoms with Crippen molar-refractivity contribution in [3.63, 3.8) is 0 Å². The Morgan fingerprint density at radius 3 is 3.00 bits per heavy atom. The maximum atomic E-state index is 11.8. The van der Waals surface area contributed by atoms with Gasteiger partial charge in [0.2, 0.25) is 5.91 Å². The van der Waals surface area contributed by atoms with Crippen LogP contribution in [0, 0.1) is 0 Å². The Balaban J connectivity index is 1.89. The van der Waals surface area contributed by atoms with E-state index in [0.29, 0.717) is 24.7 Å². The summed E-state index contributed by atoms with van der Waals surface area (Å²) < 4.78 is 16.2. The Kier molecular flexibility index (Phi) is 6.27. The number of carbonyl (C=O) groups excluding carboxylic acids is 1. The summed E-state index contributed by atoms with van der Waals surface area (Å²) in [6, 6.07) is 5.57. The van der Waals surface area contributed by atoms with Crippen molar-refractivity contribution in [3.05, 3.63) is 29.8 Å². The maximum Gasteiger partial charge on any atom is 0.244 e. The molecule has 1 aromatic carbocycles. The van der Waals surface area contributed by atoms with Crippen LogP contribution >= 0.6 is 0 Å². The highest BCUT2D eigenvalue weighted by Crippen LogP contribution is 2.28. The van der Waals surface area contributed by atoms with Crippen LogP contribution < -0.4 is 14.8 Å². The van der Waals surface area contributed by atoms with E-state index >= 15 is 0 Å². The van der Waals surface area contributed by atoms with Gasteiger partial charge in [0.25, 0.3) is 0 Å². The molecular formula is C17H23NO4. The predicted octanol–water partition coefficient (Wildman–Crippen LogP) is 2.40. The van der Waals surface area contributed by atoms with Crippen molar-refractivity contribution < 1.29 is 19.0 Å². The molecule has 1 aliphatic rings. The molecule has 1 amide bonds. The molecule has 0 aliphatic carbocycles. The van der Waals surface area contributed by atoms with E-state index in [4.69, 9.17) is 14.2 Å². The van der Waals surface area contributed by atoms with Gasteiger partial charge in [0.05, 0.1) is 19.8 Å². The third-order valence-electron chi connectivity index (χ3n) is 3.44. The minimum atomic E-state index is -0.122. The van der Waals surface area contributed by atoms with E-state index in [-0.39, 0.29) is 12.0 Å². The summed E-state index contributed by atoms with van der Waals surface area (Å²) in [5.41, 5.74) is 0.882. The summed E-state index contributed by atoms with van der Waals surface area (Å²) in [6.45, 7) is 3.86. The lowest BCUT2D eigenvalue weighted by atomic mass is 10.2. The zero-order valence-corrected chi connectivity index (χ0v) is 13.1. The minimum absolute atomic E-state index is 0.122. The van der Waals surface area contributed by atoms with Crippen molar-refractivity contribution in [2.24, 2.45) is 0 Å². The van der Waals surface area contributed by atoms with Crippen molar-refractivity contribution in [1.82, 2.24) is 5.32 Å². The third-order valence-corrected chi connectivity index (χ3v) is 3.44. The van der Waals surface area contributed by atoms with Crippen molar-refractivity contribution in [2.45, 2.75) is 25.9 Å². The molecule has 2 rings (SSSR count). The molecule has 1 atom stereocenters. The normalized spacial score (nSPS) is 17.6. The fourth-order valence-corrected chi connectivity index (χ4v) is 2.31. The zero-order valence-electron chi connectivity index (χ0n) is 13.1. The Bertz CT molecular complexity index is 521. The van der Waals surface area contributed by atoms with Crippen LogP contribution in [0.15, 0.2) is 24.3 Å². The van der Waals surface area contributed by atoms with Crippen LogP contribution in [-0.2, 0) is 9.53 Å². The van der Waals surface area contributed by atoms with Gasteiger partial charge in [-0.1, -0.05) is 6.07 Å². The summed E-state index contributed by atoms with van der Waals surface area (Å²) in [5, 5.41) is 2.85. The quantitative estimate of drug-likeness (QED) is 0.786. The second-order valence-corrected chi connectivity index (χ2v) is 5.06. The number of hydrogen-bond donors (Lipinski definition) is 1. The molecule has 1 fully saturated rings. The van der Waals surface area contributed by atoms with E-state index in [0.717, 1.165) is 25.0 Å². The molecule has 1 aromatic rings. The molecule has 120 valence electrons. The summed E-state index contributed by atoms with van der Waals surface area (Å²) in [4.78, 5) is 11.8. The van der Waals surface area contributed by atoms with Crippen molar-refractivity contribution >= 4 is 12.0 Å². The van der Waals surface area contributed by atoms with Gasteiger partial charge in [-0.25, -0.2) is 0 Å². The highest BCUT2D eigenvalue weighted by molar-refractivity contribution is 5.91. The summed E-state index contributed by atoms with van der Waals surface area (Å²) in [6.07, 6.45) is 5.51. The first-order valence-corrected chi connectivity index (χ1v) is 7.61. The van der Waals surface area contributed by atoms with E-state index in [1.165, 1.54) is 6.08 Å². The molecule has 0 aromatic heterocycles. The molecule has 0 radical (unpaired) electrons. The van der Waals surface area contributed by atoms with E-state index < -0.39 is 0 Å². The molecule has 1 saturated heterocycles. The number of amides is 1. The smallest absolute Gasteiger partial charge is 0.244 e. The van der Waals surface area contributed by atoms with E-state index in [9.17, 15) is 4.79 Å². The standard InChI is InChI=1S/C17H23NO4/c1-3-21-15-8-6-13(11-16(15)20-2)7-9-17(19)18-12-14-5-4-10-22-14/h6-9,11,14H,3-5,10,12H2,1-2H3,(H,18,19)/b9-7+. The molecule has 0 spiro atoms. The summed E-state index contributed by atoms with van der Waals surface area (Å²) in [7, 11) is 1.60. The number of hydrogen-bond acceptors (Lipinski definition) is 4. The number of carbonyl (C=O) groups is 1. The van der Waals surface area contributed by atoms with Crippen LogP contribution in [0.2, 0.25) is 0 Å². The van der Waals surface area contributed by atoms with Gasteiger partial charge in [0.1, 0.15) is 0 Å². The average molecular weight is 305 g/mol.